The lowest BCUT2D eigenvalue weighted by Gasteiger charge is -2.15. The maximum absolute atomic E-state index is 11.0. The van der Waals surface area contributed by atoms with E-state index in [-0.39, 0.29) is 17.5 Å². The second-order valence-electron chi connectivity index (χ2n) is 5.63. The van der Waals surface area contributed by atoms with Crippen LogP contribution >= 0.6 is 0 Å². The Morgan fingerprint density at radius 2 is 2.13 bits per heavy atom. The predicted octanol–water partition coefficient (Wildman–Crippen LogP) is 3.32. The van der Waals surface area contributed by atoms with Crippen molar-refractivity contribution in [2.75, 3.05) is 0 Å². The molecule has 0 N–H and O–H groups in total. The number of rotatable bonds is 2. The lowest BCUT2D eigenvalue weighted by molar-refractivity contribution is -0.144. The molecule has 15 heavy (non-hydrogen) atoms. The van der Waals surface area contributed by atoms with Gasteiger partial charge in [0.05, 0.1) is 0 Å². The first kappa shape index (κ1) is 12.3. The number of hydrogen-bond acceptors (Lipinski definition) is 2. The average Bonchev–Trinajstić information content (AvgIpc) is 2.22. The molecule has 2 nitrogen and oxygen atoms in total. The summed E-state index contributed by atoms with van der Waals surface area (Å²) < 4.78 is 5.35. The first-order valence-electron chi connectivity index (χ1n) is 5.68. The molecule has 2 heteroatoms. The third kappa shape index (κ3) is 3.69. The fourth-order valence-electron chi connectivity index (χ4n) is 2.28. The summed E-state index contributed by atoms with van der Waals surface area (Å²) in [4.78, 5) is 11.0. The third-order valence-electron chi connectivity index (χ3n) is 2.69. The lowest BCUT2D eigenvalue weighted by atomic mass is 9.91. The fraction of sp³-hybridized carbons (Fsp3) is 0.769. The Bertz CT molecular complexity index is 274. The Balaban J connectivity index is 2.79. The van der Waals surface area contributed by atoms with Crippen LogP contribution in [0.25, 0.3) is 0 Å². The molecule has 0 aromatic heterocycles. The van der Waals surface area contributed by atoms with Gasteiger partial charge >= 0.3 is 5.97 Å². The largest absolute Gasteiger partial charge is 0.458 e. The maximum atomic E-state index is 11.0. The molecular formula is C13H22O2. The van der Waals surface area contributed by atoms with Crippen LogP contribution in [0.5, 0.6) is 0 Å². The van der Waals surface area contributed by atoms with Crippen LogP contribution in [0.15, 0.2) is 11.6 Å². The van der Waals surface area contributed by atoms with E-state index in [0.29, 0.717) is 5.92 Å². The van der Waals surface area contributed by atoms with Crippen molar-refractivity contribution in [1.82, 2.24) is 0 Å². The highest BCUT2D eigenvalue weighted by molar-refractivity contribution is 5.66. The zero-order valence-corrected chi connectivity index (χ0v) is 10.5. The Hall–Kier alpha value is -0.790. The smallest absolute Gasteiger partial charge is 0.303 e. The molecule has 1 fully saturated rings. The number of carbonyl (C=O) groups is 1. The number of allylic oxidation sites excluding steroid dienone is 1. The van der Waals surface area contributed by atoms with Gasteiger partial charge in [0.2, 0.25) is 0 Å². The van der Waals surface area contributed by atoms with Gasteiger partial charge in [-0.3, -0.25) is 4.79 Å². The molecule has 1 rings (SSSR count). The van der Waals surface area contributed by atoms with Crippen molar-refractivity contribution >= 4 is 5.97 Å². The summed E-state index contributed by atoms with van der Waals surface area (Å²) in [5.74, 6) is 0.347. The van der Waals surface area contributed by atoms with E-state index in [1.165, 1.54) is 12.5 Å². The molecule has 0 aromatic rings. The van der Waals surface area contributed by atoms with Crippen molar-refractivity contribution < 1.29 is 9.53 Å². The summed E-state index contributed by atoms with van der Waals surface area (Å²) in [6.45, 7) is 10.2. The Morgan fingerprint density at radius 3 is 2.60 bits per heavy atom. The van der Waals surface area contributed by atoms with Gasteiger partial charge in [0.15, 0.2) is 0 Å². The van der Waals surface area contributed by atoms with Crippen molar-refractivity contribution in [1.29, 1.82) is 0 Å². The Kier molecular flexibility index (Phi) is 3.58. The zero-order chi connectivity index (χ0) is 11.6. The molecule has 0 amide bonds. The fourth-order valence-corrected chi connectivity index (χ4v) is 2.28. The molecule has 1 aliphatic carbocycles. The van der Waals surface area contributed by atoms with Gasteiger partial charge in [-0.2, -0.15) is 0 Å². The van der Waals surface area contributed by atoms with Gasteiger partial charge in [0.1, 0.15) is 6.10 Å². The molecular weight excluding hydrogens is 188 g/mol. The maximum Gasteiger partial charge on any atom is 0.303 e. The van der Waals surface area contributed by atoms with Gasteiger partial charge in [-0.25, -0.2) is 0 Å². The molecule has 0 aromatic carbocycles. The molecule has 1 unspecified atom stereocenters. The number of esters is 1. The summed E-state index contributed by atoms with van der Waals surface area (Å²) >= 11 is 0. The molecule has 1 aliphatic rings. The van der Waals surface area contributed by atoms with E-state index in [4.69, 9.17) is 4.74 Å². The van der Waals surface area contributed by atoms with Gasteiger partial charge in [-0.05, 0) is 29.7 Å². The summed E-state index contributed by atoms with van der Waals surface area (Å²) in [7, 11) is 0. The van der Waals surface area contributed by atoms with Crippen molar-refractivity contribution in [3.05, 3.63) is 11.6 Å². The first-order valence-corrected chi connectivity index (χ1v) is 5.68. The lowest BCUT2D eigenvalue weighted by Crippen LogP contribution is -2.16. The van der Waals surface area contributed by atoms with Crippen LogP contribution in [0.1, 0.15) is 47.5 Å². The monoisotopic (exact) mass is 210 g/mol. The molecule has 0 aliphatic heterocycles. The van der Waals surface area contributed by atoms with Crippen LogP contribution in [0.2, 0.25) is 0 Å². The first-order chi connectivity index (χ1) is 6.80. The summed E-state index contributed by atoms with van der Waals surface area (Å²) in [6, 6.07) is 0. The van der Waals surface area contributed by atoms with Crippen LogP contribution in [-0.4, -0.2) is 12.1 Å². The SMILES string of the molecule is CC(=O)OC1CC(C)(C)C/C1=C\C(C)C. The van der Waals surface area contributed by atoms with Crippen molar-refractivity contribution in [2.45, 2.75) is 53.6 Å². The quantitative estimate of drug-likeness (QED) is 0.516. The second kappa shape index (κ2) is 4.38. The van der Waals surface area contributed by atoms with Crippen LogP contribution in [0.4, 0.5) is 0 Å². The van der Waals surface area contributed by atoms with E-state index < -0.39 is 0 Å². The topological polar surface area (TPSA) is 26.3 Å². The van der Waals surface area contributed by atoms with E-state index in [1.807, 2.05) is 0 Å². The highest BCUT2D eigenvalue weighted by Gasteiger charge is 2.36. The normalized spacial score (nSPS) is 27.3. The molecule has 86 valence electrons. The van der Waals surface area contributed by atoms with Gasteiger partial charge in [-0.1, -0.05) is 33.8 Å². The van der Waals surface area contributed by atoms with E-state index in [1.54, 1.807) is 0 Å². The van der Waals surface area contributed by atoms with Crippen LogP contribution in [0, 0.1) is 11.3 Å². The van der Waals surface area contributed by atoms with Crippen molar-refractivity contribution in [3.63, 3.8) is 0 Å². The van der Waals surface area contributed by atoms with Crippen LogP contribution in [0.3, 0.4) is 0 Å². The van der Waals surface area contributed by atoms with Gasteiger partial charge in [-0.15, -0.1) is 0 Å². The molecule has 1 saturated carbocycles. The van der Waals surface area contributed by atoms with Crippen molar-refractivity contribution in [2.24, 2.45) is 11.3 Å². The number of ether oxygens (including phenoxy) is 1. The van der Waals surface area contributed by atoms with E-state index in [9.17, 15) is 4.79 Å². The van der Waals surface area contributed by atoms with Gasteiger partial charge < -0.3 is 4.74 Å². The molecule has 1 atom stereocenters. The van der Waals surface area contributed by atoms with Crippen LogP contribution in [-0.2, 0) is 9.53 Å². The molecule has 0 heterocycles. The Labute approximate surface area is 92.7 Å². The van der Waals surface area contributed by atoms with Gasteiger partial charge in [0.25, 0.3) is 0 Å². The molecule has 0 bridgehead atoms. The number of carbonyl (C=O) groups excluding carboxylic acids is 1. The average molecular weight is 210 g/mol. The van der Waals surface area contributed by atoms with Crippen LogP contribution < -0.4 is 0 Å². The predicted molar refractivity (Wildman–Crippen MR) is 61.5 cm³/mol. The molecule has 0 radical (unpaired) electrons. The van der Waals surface area contributed by atoms with E-state index in [2.05, 4.69) is 33.8 Å². The molecule has 0 spiro atoms. The summed E-state index contributed by atoms with van der Waals surface area (Å²) in [6.07, 6.45) is 4.25. The minimum Gasteiger partial charge on any atom is -0.458 e. The highest BCUT2D eigenvalue weighted by atomic mass is 16.5. The standard InChI is InChI=1S/C13H22O2/c1-9(2)6-11-7-13(4,5)8-12(11)15-10(3)14/h6,9,12H,7-8H2,1-5H3/b11-6+. The zero-order valence-electron chi connectivity index (χ0n) is 10.5. The Morgan fingerprint density at radius 1 is 1.53 bits per heavy atom. The minimum atomic E-state index is -0.174. The summed E-state index contributed by atoms with van der Waals surface area (Å²) in [5, 5.41) is 0. The minimum absolute atomic E-state index is 0.0138. The third-order valence-corrected chi connectivity index (χ3v) is 2.69. The van der Waals surface area contributed by atoms with E-state index in [0.717, 1.165) is 12.8 Å². The number of hydrogen-bond donors (Lipinski definition) is 0. The molecule has 0 saturated heterocycles. The van der Waals surface area contributed by atoms with Gasteiger partial charge in [0, 0.05) is 6.92 Å². The second-order valence-corrected chi connectivity index (χ2v) is 5.63. The van der Waals surface area contributed by atoms with E-state index >= 15 is 0 Å². The van der Waals surface area contributed by atoms with Crippen molar-refractivity contribution in [3.8, 4) is 0 Å². The highest BCUT2D eigenvalue weighted by Crippen LogP contribution is 2.42. The summed E-state index contributed by atoms with van der Waals surface area (Å²) in [5.41, 5.74) is 1.56.